The fourth-order valence-corrected chi connectivity index (χ4v) is 3.04. The average molecular weight is 419 g/mol. The lowest BCUT2D eigenvalue weighted by atomic mass is 9.93. The van der Waals surface area contributed by atoms with Crippen molar-refractivity contribution < 1.29 is 34.0 Å². The van der Waals surface area contributed by atoms with Crippen LogP contribution in [-0.2, 0) is 24.6 Å². The van der Waals surface area contributed by atoms with Crippen LogP contribution in [0.25, 0.3) is 5.52 Å². The lowest BCUT2D eigenvalue weighted by Crippen LogP contribution is -2.40. The van der Waals surface area contributed by atoms with Gasteiger partial charge >= 0.3 is 12.1 Å². The molecule has 0 radical (unpaired) electrons. The summed E-state index contributed by atoms with van der Waals surface area (Å²) in [4.78, 5) is 27.3. The highest BCUT2D eigenvalue weighted by Gasteiger charge is 2.56. The van der Waals surface area contributed by atoms with Gasteiger partial charge in [0.15, 0.2) is 5.82 Å². The Labute approximate surface area is 171 Å². The van der Waals surface area contributed by atoms with E-state index in [1.165, 1.54) is 23.6 Å². The molecule has 3 heterocycles. The molecule has 2 aromatic rings. The van der Waals surface area contributed by atoms with E-state index in [2.05, 4.69) is 15.4 Å². The van der Waals surface area contributed by atoms with E-state index in [1.807, 2.05) is 6.07 Å². The van der Waals surface area contributed by atoms with E-state index in [1.54, 1.807) is 13.8 Å². The third-order valence-electron chi connectivity index (χ3n) is 4.67. The summed E-state index contributed by atoms with van der Waals surface area (Å²) in [5, 5.41) is 36.6. The number of hydrogen-bond donors (Lipinski definition) is 3. The summed E-state index contributed by atoms with van der Waals surface area (Å²) in [7, 11) is 0. The van der Waals surface area contributed by atoms with E-state index in [0.29, 0.717) is 0 Å². The Morgan fingerprint density at radius 3 is 2.73 bits per heavy atom. The van der Waals surface area contributed by atoms with Crippen LogP contribution in [0.3, 0.4) is 0 Å². The maximum atomic E-state index is 12.0. The largest absolute Gasteiger partial charge is 0.428 e. The van der Waals surface area contributed by atoms with E-state index < -0.39 is 42.8 Å². The van der Waals surface area contributed by atoms with E-state index in [9.17, 15) is 25.1 Å². The Balaban J connectivity index is 1.82. The van der Waals surface area contributed by atoms with Gasteiger partial charge in [0.25, 0.3) is 0 Å². The van der Waals surface area contributed by atoms with E-state index in [0.717, 1.165) is 6.33 Å². The summed E-state index contributed by atoms with van der Waals surface area (Å²) in [6.07, 6.45) is -3.36. The molecule has 3 rings (SSSR count). The van der Waals surface area contributed by atoms with E-state index >= 15 is 0 Å². The second kappa shape index (κ2) is 8.23. The molecule has 30 heavy (non-hydrogen) atoms. The zero-order valence-corrected chi connectivity index (χ0v) is 16.5. The quantitative estimate of drug-likeness (QED) is 0.452. The molecule has 12 nitrogen and oxygen atoms in total. The maximum Gasteiger partial charge on any atom is 0.415 e. The number of hydrogen-bond acceptors (Lipinski definition) is 10. The van der Waals surface area contributed by atoms with Crippen molar-refractivity contribution >= 4 is 23.4 Å². The van der Waals surface area contributed by atoms with E-state index in [-0.39, 0.29) is 22.9 Å². The van der Waals surface area contributed by atoms with Gasteiger partial charge in [-0.3, -0.25) is 10.1 Å². The molecule has 0 spiro atoms. The molecule has 4 atom stereocenters. The number of esters is 1. The first-order valence-corrected chi connectivity index (χ1v) is 9.10. The summed E-state index contributed by atoms with van der Waals surface area (Å²) in [6.45, 7) is 4.25. The van der Waals surface area contributed by atoms with Gasteiger partial charge in [0.2, 0.25) is 12.4 Å². The van der Waals surface area contributed by atoms with Gasteiger partial charge in [-0.1, -0.05) is 13.8 Å². The normalized spacial score (nSPS) is 25.8. The van der Waals surface area contributed by atoms with Crippen LogP contribution in [0.15, 0.2) is 18.5 Å². The van der Waals surface area contributed by atoms with Crippen LogP contribution in [-0.4, -0.2) is 62.0 Å². The number of nitrogens with zero attached hydrogens (tertiary/aromatic N) is 4. The number of aliphatic hydroxyl groups excluding tert-OH is 2. The first-order valence-electron chi connectivity index (χ1n) is 9.10. The molecular formula is C18H21N5O7. The molecule has 1 amide bonds. The van der Waals surface area contributed by atoms with Crippen molar-refractivity contribution in [3.63, 3.8) is 0 Å². The Bertz CT molecular complexity index is 1000. The van der Waals surface area contributed by atoms with Gasteiger partial charge < -0.3 is 24.4 Å². The number of carbonyl (C=O) groups is 2. The summed E-state index contributed by atoms with van der Waals surface area (Å²) in [5.74, 6) is -0.832. The van der Waals surface area contributed by atoms with Crippen molar-refractivity contribution in [2.45, 2.75) is 44.7 Å². The Kier molecular flexibility index (Phi) is 5.88. The molecule has 3 N–H and O–H groups in total. The summed E-state index contributed by atoms with van der Waals surface area (Å²) in [6, 6.07) is 4.90. The number of nitriles is 1. The molecule has 160 valence electrons. The van der Waals surface area contributed by atoms with Crippen LogP contribution < -0.4 is 5.32 Å². The summed E-state index contributed by atoms with van der Waals surface area (Å²) < 4.78 is 16.4. The smallest absolute Gasteiger partial charge is 0.415 e. The van der Waals surface area contributed by atoms with Gasteiger partial charge in [0.05, 0.1) is 17.7 Å². The van der Waals surface area contributed by atoms with Crippen molar-refractivity contribution in [3.8, 4) is 6.07 Å². The molecule has 1 fully saturated rings. The van der Waals surface area contributed by atoms with Crippen LogP contribution in [0.2, 0.25) is 0 Å². The molecular weight excluding hydrogens is 398 g/mol. The van der Waals surface area contributed by atoms with Gasteiger partial charge in [-0.15, -0.1) is 0 Å². The highest BCUT2D eigenvalue weighted by atomic mass is 16.7. The number of aliphatic hydroxyl groups is 2. The molecule has 1 aliphatic heterocycles. The molecule has 0 aromatic carbocycles. The Morgan fingerprint density at radius 2 is 2.13 bits per heavy atom. The number of fused-ring (bicyclic) bond motifs is 1. The number of ether oxygens (including phenoxy) is 3. The molecule has 0 aliphatic carbocycles. The van der Waals surface area contributed by atoms with Gasteiger partial charge in [0.1, 0.15) is 30.1 Å². The molecule has 1 aliphatic rings. The molecule has 1 saturated heterocycles. The first-order chi connectivity index (χ1) is 14.2. The Morgan fingerprint density at radius 1 is 1.40 bits per heavy atom. The van der Waals surface area contributed by atoms with Crippen molar-refractivity contribution in [1.82, 2.24) is 14.6 Å². The lowest BCUT2D eigenvalue weighted by Gasteiger charge is -2.24. The number of aromatic nitrogens is 3. The third kappa shape index (κ3) is 3.65. The van der Waals surface area contributed by atoms with Gasteiger partial charge in [-0.2, -0.15) is 10.4 Å². The van der Waals surface area contributed by atoms with Gasteiger partial charge in [-0.25, -0.2) is 14.3 Å². The first kappa shape index (κ1) is 21.4. The molecule has 12 heteroatoms. The minimum Gasteiger partial charge on any atom is -0.428 e. The number of amides is 1. The standard InChI is InChI=1S/C18H21N5O7/c1-9(2)16(26)28-8-29-17(27)22-15-11-4-5-12(23(11)21-7-20-15)18(6-19)14(25)13(24)10(3)30-18/h4-5,7,9-10,13-14,24-25H,8H2,1-3H3,(H,20,21,22,27)/t10-,13-,14-,18+/m1/s1. The molecule has 0 saturated carbocycles. The van der Waals surface area contributed by atoms with Crippen LogP contribution in [0.1, 0.15) is 26.5 Å². The van der Waals surface area contributed by atoms with Crippen LogP contribution >= 0.6 is 0 Å². The summed E-state index contributed by atoms with van der Waals surface area (Å²) in [5.41, 5.74) is -1.42. The average Bonchev–Trinajstić information content (AvgIpc) is 3.24. The predicted molar refractivity (Wildman–Crippen MR) is 98.7 cm³/mol. The number of carbonyl (C=O) groups excluding carboxylic acids is 2. The zero-order chi connectivity index (χ0) is 22.1. The van der Waals surface area contributed by atoms with E-state index in [4.69, 9.17) is 14.2 Å². The lowest BCUT2D eigenvalue weighted by molar-refractivity contribution is -0.155. The number of rotatable bonds is 5. The van der Waals surface area contributed by atoms with Gasteiger partial charge in [-0.05, 0) is 19.1 Å². The van der Waals surface area contributed by atoms with Crippen LogP contribution in [0.5, 0.6) is 0 Å². The van der Waals surface area contributed by atoms with Crippen LogP contribution in [0, 0.1) is 17.2 Å². The highest BCUT2D eigenvalue weighted by molar-refractivity contribution is 5.88. The second-order valence-corrected chi connectivity index (χ2v) is 7.02. The highest BCUT2D eigenvalue weighted by Crippen LogP contribution is 2.40. The second-order valence-electron chi connectivity index (χ2n) is 7.02. The monoisotopic (exact) mass is 419 g/mol. The topological polar surface area (TPSA) is 168 Å². The third-order valence-corrected chi connectivity index (χ3v) is 4.67. The Hall–Kier alpha value is -3.27. The fraction of sp³-hybridized carbons (Fsp3) is 0.500. The molecule has 2 aromatic heterocycles. The summed E-state index contributed by atoms with van der Waals surface area (Å²) >= 11 is 0. The maximum absolute atomic E-state index is 12.0. The van der Waals surface area contributed by atoms with Crippen molar-refractivity contribution in [2.75, 3.05) is 12.1 Å². The minimum atomic E-state index is -1.86. The van der Waals surface area contributed by atoms with Crippen molar-refractivity contribution in [2.24, 2.45) is 5.92 Å². The molecule has 0 bridgehead atoms. The molecule has 0 unspecified atom stereocenters. The fourth-order valence-electron chi connectivity index (χ4n) is 3.04. The number of anilines is 1. The number of nitrogens with one attached hydrogen (secondary N) is 1. The van der Waals surface area contributed by atoms with Crippen molar-refractivity contribution in [1.29, 1.82) is 5.26 Å². The van der Waals surface area contributed by atoms with Crippen LogP contribution in [0.4, 0.5) is 10.6 Å². The SMILES string of the molecule is CC(C)C(=O)OCOC(=O)Nc1ncnn2c([C@]3(C#N)O[C@H](C)[C@@H](O)[C@H]3O)ccc12. The van der Waals surface area contributed by atoms with Gasteiger partial charge in [0, 0.05) is 0 Å². The van der Waals surface area contributed by atoms with Crippen molar-refractivity contribution in [3.05, 3.63) is 24.2 Å². The minimum absolute atomic E-state index is 0.0469. The zero-order valence-electron chi connectivity index (χ0n) is 16.5. The predicted octanol–water partition coefficient (Wildman–Crippen LogP) is 0.294.